The van der Waals surface area contributed by atoms with E-state index < -0.39 is 0 Å². The number of rotatable bonds is 6. The van der Waals surface area contributed by atoms with E-state index in [2.05, 4.69) is 20.4 Å². The number of furan rings is 1. The van der Waals surface area contributed by atoms with Gasteiger partial charge < -0.3 is 9.73 Å². The normalized spacial score (nSPS) is 10.9. The van der Waals surface area contributed by atoms with Crippen molar-refractivity contribution in [1.82, 2.24) is 25.1 Å². The number of hydrogen-bond acceptors (Lipinski definition) is 5. The van der Waals surface area contributed by atoms with Crippen molar-refractivity contribution in [3.05, 3.63) is 63.2 Å². The Labute approximate surface area is 150 Å². The number of nitrogens with one attached hydrogen (secondary N) is 2. The predicted molar refractivity (Wildman–Crippen MR) is 95.3 cm³/mol. The largest absolute Gasteiger partial charge is 0.467 e. The highest BCUT2D eigenvalue weighted by Gasteiger charge is 2.19. The number of amides is 1. The van der Waals surface area contributed by atoms with Gasteiger partial charge in [0.2, 0.25) is 5.95 Å². The summed E-state index contributed by atoms with van der Waals surface area (Å²) in [5, 5.41) is 7.10. The highest BCUT2D eigenvalue weighted by atomic mass is 16.3. The van der Waals surface area contributed by atoms with Crippen LogP contribution in [0.5, 0.6) is 0 Å². The van der Waals surface area contributed by atoms with Crippen molar-refractivity contribution in [3.63, 3.8) is 0 Å². The molecule has 3 heterocycles. The zero-order valence-corrected chi connectivity index (χ0v) is 15.0. The zero-order valence-electron chi connectivity index (χ0n) is 15.0. The maximum Gasteiger partial charge on any atom is 0.255 e. The van der Waals surface area contributed by atoms with E-state index in [-0.39, 0.29) is 11.5 Å². The number of H-pyrrole nitrogens is 1. The third-order valence-corrected chi connectivity index (χ3v) is 4.19. The predicted octanol–water partition coefficient (Wildman–Crippen LogP) is 2.05. The van der Waals surface area contributed by atoms with Crippen LogP contribution in [0.3, 0.4) is 0 Å². The van der Waals surface area contributed by atoms with Crippen molar-refractivity contribution in [2.75, 3.05) is 0 Å². The Morgan fingerprint density at radius 1 is 1.38 bits per heavy atom. The average molecular weight is 355 g/mol. The molecule has 0 aromatic carbocycles. The molecule has 136 valence electrons. The molecule has 8 nitrogen and oxygen atoms in total. The first kappa shape index (κ1) is 17.7. The number of hydrogen-bond donors (Lipinski definition) is 2. The topological polar surface area (TPSA) is 106 Å². The van der Waals surface area contributed by atoms with Crippen LogP contribution in [0.25, 0.3) is 5.95 Å². The fraction of sp³-hybridized carbons (Fsp3) is 0.333. The second-order valence-corrected chi connectivity index (χ2v) is 6.03. The monoisotopic (exact) mass is 355 g/mol. The molecule has 0 unspecified atom stereocenters. The molecule has 0 aliphatic heterocycles. The summed E-state index contributed by atoms with van der Waals surface area (Å²) >= 11 is 0. The van der Waals surface area contributed by atoms with Crippen LogP contribution in [0, 0.1) is 13.8 Å². The lowest BCUT2D eigenvalue weighted by atomic mass is 10.1. The van der Waals surface area contributed by atoms with Gasteiger partial charge in [0.15, 0.2) is 0 Å². The Bertz CT molecular complexity index is 969. The van der Waals surface area contributed by atoms with Crippen LogP contribution in [-0.4, -0.2) is 25.7 Å². The molecule has 0 atom stereocenters. The molecular formula is C18H21N5O3. The van der Waals surface area contributed by atoms with Gasteiger partial charge in [0.05, 0.1) is 30.3 Å². The summed E-state index contributed by atoms with van der Waals surface area (Å²) in [5.74, 6) is 0.733. The molecule has 0 bridgehead atoms. The molecule has 8 heteroatoms. The van der Waals surface area contributed by atoms with E-state index in [9.17, 15) is 9.59 Å². The Balaban J connectivity index is 1.93. The molecule has 2 N–H and O–H groups in total. The molecule has 3 aromatic heterocycles. The first-order chi connectivity index (χ1) is 12.5. The molecule has 0 saturated heterocycles. The number of aryl methyl sites for hydroxylation is 1. The second kappa shape index (κ2) is 7.38. The van der Waals surface area contributed by atoms with Crippen LogP contribution in [-0.2, 0) is 13.0 Å². The van der Waals surface area contributed by atoms with Crippen molar-refractivity contribution < 1.29 is 9.21 Å². The SMILES string of the molecule is CCCc1c(C(=O)NCc2ccco2)cnn1-c1nc(C)c(C)c(=O)[nH]1. The number of carbonyl (C=O) groups is 1. The number of aromatic amines is 1. The molecular weight excluding hydrogens is 334 g/mol. The van der Waals surface area contributed by atoms with Crippen molar-refractivity contribution in [3.8, 4) is 5.95 Å². The van der Waals surface area contributed by atoms with Crippen LogP contribution >= 0.6 is 0 Å². The van der Waals surface area contributed by atoms with Gasteiger partial charge in [-0.05, 0) is 32.4 Å². The standard InChI is InChI=1S/C18H21N5O3/c1-4-6-15-14(17(25)19-9-13-7-5-8-26-13)10-20-23(15)18-21-12(3)11(2)16(24)22-18/h5,7-8,10H,4,6,9H2,1-3H3,(H,19,25)(H,21,22,24). The zero-order chi connectivity index (χ0) is 18.7. The summed E-state index contributed by atoms with van der Waals surface area (Å²) in [6, 6.07) is 3.56. The molecule has 3 aromatic rings. The quantitative estimate of drug-likeness (QED) is 0.704. The Kier molecular flexibility index (Phi) is 5.01. The van der Waals surface area contributed by atoms with Crippen molar-refractivity contribution in [1.29, 1.82) is 0 Å². The summed E-state index contributed by atoms with van der Waals surface area (Å²) in [6.45, 7) is 5.79. The van der Waals surface area contributed by atoms with Gasteiger partial charge in [0.25, 0.3) is 11.5 Å². The van der Waals surface area contributed by atoms with Crippen LogP contribution in [0.1, 0.15) is 46.4 Å². The Hall–Kier alpha value is -3.16. The lowest BCUT2D eigenvalue weighted by Crippen LogP contribution is -2.24. The second-order valence-electron chi connectivity index (χ2n) is 6.03. The Morgan fingerprint density at radius 2 is 2.19 bits per heavy atom. The minimum Gasteiger partial charge on any atom is -0.467 e. The molecule has 0 aliphatic carbocycles. The van der Waals surface area contributed by atoms with Gasteiger partial charge in [-0.15, -0.1) is 0 Å². The summed E-state index contributed by atoms with van der Waals surface area (Å²) in [4.78, 5) is 31.8. The van der Waals surface area contributed by atoms with Gasteiger partial charge in [0, 0.05) is 11.3 Å². The minimum atomic E-state index is -0.248. The van der Waals surface area contributed by atoms with Gasteiger partial charge in [-0.3, -0.25) is 14.6 Å². The van der Waals surface area contributed by atoms with E-state index in [1.54, 1.807) is 32.2 Å². The van der Waals surface area contributed by atoms with E-state index in [0.717, 1.165) is 6.42 Å². The molecule has 0 fully saturated rings. The van der Waals surface area contributed by atoms with E-state index in [1.165, 1.54) is 10.9 Å². The molecule has 0 radical (unpaired) electrons. The van der Waals surface area contributed by atoms with Crippen LogP contribution in [0.4, 0.5) is 0 Å². The van der Waals surface area contributed by atoms with E-state index in [1.807, 2.05) is 6.92 Å². The summed E-state index contributed by atoms with van der Waals surface area (Å²) in [5.41, 5.74) is 2.14. The molecule has 0 saturated carbocycles. The summed E-state index contributed by atoms with van der Waals surface area (Å²) < 4.78 is 6.75. The van der Waals surface area contributed by atoms with Gasteiger partial charge >= 0.3 is 0 Å². The maximum absolute atomic E-state index is 12.6. The fourth-order valence-electron chi connectivity index (χ4n) is 2.63. The highest BCUT2D eigenvalue weighted by Crippen LogP contribution is 2.15. The number of carbonyl (C=O) groups excluding carboxylic acids is 1. The molecule has 1 amide bonds. The first-order valence-corrected chi connectivity index (χ1v) is 8.46. The first-order valence-electron chi connectivity index (χ1n) is 8.46. The van der Waals surface area contributed by atoms with Crippen molar-refractivity contribution in [2.24, 2.45) is 0 Å². The number of nitrogens with zero attached hydrogens (tertiary/aromatic N) is 3. The summed E-state index contributed by atoms with van der Waals surface area (Å²) in [6.07, 6.45) is 4.50. The van der Waals surface area contributed by atoms with Crippen LogP contribution < -0.4 is 10.9 Å². The number of aromatic nitrogens is 4. The van der Waals surface area contributed by atoms with Gasteiger partial charge in [-0.25, -0.2) is 9.67 Å². The average Bonchev–Trinajstić information content (AvgIpc) is 3.27. The summed E-state index contributed by atoms with van der Waals surface area (Å²) in [7, 11) is 0. The third-order valence-electron chi connectivity index (χ3n) is 4.19. The van der Waals surface area contributed by atoms with Gasteiger partial charge in [-0.2, -0.15) is 5.10 Å². The van der Waals surface area contributed by atoms with Crippen molar-refractivity contribution in [2.45, 2.75) is 40.2 Å². The highest BCUT2D eigenvalue weighted by molar-refractivity contribution is 5.95. The van der Waals surface area contributed by atoms with E-state index in [4.69, 9.17) is 4.42 Å². The Morgan fingerprint density at radius 3 is 2.85 bits per heavy atom. The fourth-order valence-corrected chi connectivity index (χ4v) is 2.63. The molecule has 26 heavy (non-hydrogen) atoms. The van der Waals surface area contributed by atoms with E-state index >= 15 is 0 Å². The third kappa shape index (κ3) is 3.44. The van der Waals surface area contributed by atoms with Crippen molar-refractivity contribution >= 4 is 5.91 Å². The lowest BCUT2D eigenvalue weighted by molar-refractivity contribution is 0.0947. The molecule has 0 spiro atoms. The molecule has 3 rings (SSSR count). The van der Waals surface area contributed by atoms with Crippen LogP contribution in [0.2, 0.25) is 0 Å². The minimum absolute atomic E-state index is 0.214. The smallest absolute Gasteiger partial charge is 0.255 e. The lowest BCUT2D eigenvalue weighted by Gasteiger charge is -2.09. The van der Waals surface area contributed by atoms with E-state index in [0.29, 0.717) is 47.2 Å². The van der Waals surface area contributed by atoms with Gasteiger partial charge in [0.1, 0.15) is 5.76 Å². The maximum atomic E-state index is 12.6. The van der Waals surface area contributed by atoms with Gasteiger partial charge in [-0.1, -0.05) is 13.3 Å². The molecule has 0 aliphatic rings. The van der Waals surface area contributed by atoms with Crippen LogP contribution in [0.15, 0.2) is 33.8 Å².